The second kappa shape index (κ2) is 7.38. The summed E-state index contributed by atoms with van der Waals surface area (Å²) in [6.07, 6.45) is -0.651. The third-order valence-corrected chi connectivity index (χ3v) is 3.81. The maximum Gasteiger partial charge on any atom is 0.254 e. The molecule has 6 heteroatoms. The van der Waals surface area contributed by atoms with Crippen LogP contribution in [0.3, 0.4) is 0 Å². The zero-order valence-corrected chi connectivity index (χ0v) is 13.7. The van der Waals surface area contributed by atoms with Gasteiger partial charge in [0.25, 0.3) is 5.91 Å². The lowest BCUT2D eigenvalue weighted by molar-refractivity contribution is 0.0916. The number of nitrogens with one attached hydrogen (secondary N) is 1. The molecule has 118 valence electrons. The first-order valence-corrected chi connectivity index (χ1v) is 7.95. The molecule has 0 bridgehead atoms. The lowest BCUT2D eigenvalue weighted by Gasteiger charge is -2.14. The summed E-state index contributed by atoms with van der Waals surface area (Å²) in [5.41, 5.74) is 1.99. The lowest BCUT2D eigenvalue weighted by Crippen LogP contribution is -2.28. The molecule has 22 heavy (non-hydrogen) atoms. The van der Waals surface area contributed by atoms with Crippen molar-refractivity contribution in [3.8, 4) is 5.75 Å². The molecule has 0 saturated carbocycles. The number of aromatic nitrogens is 1. The fourth-order valence-corrected chi connectivity index (χ4v) is 2.65. The number of aliphatic hydroxyl groups is 1. The Labute approximate surface area is 134 Å². The van der Waals surface area contributed by atoms with Crippen LogP contribution in [0.15, 0.2) is 29.6 Å². The molecule has 0 aliphatic rings. The summed E-state index contributed by atoms with van der Waals surface area (Å²) >= 11 is 1.24. The summed E-state index contributed by atoms with van der Waals surface area (Å²) < 4.78 is 9.61. The Hall–Kier alpha value is -1.92. The number of benzene rings is 1. The van der Waals surface area contributed by atoms with Gasteiger partial charge in [0.2, 0.25) is 0 Å². The topological polar surface area (TPSA) is 71.5 Å². The lowest BCUT2D eigenvalue weighted by atomic mass is 10.1. The van der Waals surface area contributed by atoms with Crippen molar-refractivity contribution in [2.75, 3.05) is 6.54 Å². The monoisotopic (exact) mass is 320 g/mol. The second-order valence-corrected chi connectivity index (χ2v) is 5.90. The number of rotatable bonds is 6. The minimum atomic E-state index is -0.760. The molecule has 0 fully saturated rings. The predicted molar refractivity (Wildman–Crippen MR) is 86.4 cm³/mol. The summed E-state index contributed by atoms with van der Waals surface area (Å²) in [4.78, 5) is 12.0. The summed E-state index contributed by atoms with van der Waals surface area (Å²) in [6, 6.07) is 7.22. The molecule has 1 aromatic carbocycles. The highest BCUT2D eigenvalue weighted by Gasteiger charge is 2.14. The van der Waals surface area contributed by atoms with Crippen molar-refractivity contribution < 1.29 is 14.6 Å². The Morgan fingerprint density at radius 1 is 1.36 bits per heavy atom. The van der Waals surface area contributed by atoms with Crippen molar-refractivity contribution in [3.63, 3.8) is 0 Å². The van der Waals surface area contributed by atoms with E-state index < -0.39 is 6.10 Å². The van der Waals surface area contributed by atoms with Crippen molar-refractivity contribution in [2.24, 2.45) is 0 Å². The van der Waals surface area contributed by atoms with E-state index in [1.54, 1.807) is 24.4 Å². The van der Waals surface area contributed by atoms with E-state index in [0.717, 1.165) is 11.3 Å². The first kappa shape index (κ1) is 16.5. The van der Waals surface area contributed by atoms with Crippen molar-refractivity contribution >= 4 is 17.4 Å². The van der Waals surface area contributed by atoms with E-state index in [2.05, 4.69) is 9.69 Å². The number of nitrogens with zero attached hydrogens (tertiary/aromatic N) is 1. The van der Waals surface area contributed by atoms with Gasteiger partial charge < -0.3 is 15.2 Å². The summed E-state index contributed by atoms with van der Waals surface area (Å²) in [6.45, 7) is 5.85. The molecule has 1 unspecified atom stereocenters. The van der Waals surface area contributed by atoms with Crippen LogP contribution >= 0.6 is 11.5 Å². The Morgan fingerprint density at radius 2 is 2.05 bits per heavy atom. The second-order valence-electron chi connectivity index (χ2n) is 5.28. The molecule has 0 spiro atoms. The Balaban J connectivity index is 1.90. The Bertz CT molecular complexity index is 623. The molecule has 0 saturated heterocycles. The van der Waals surface area contributed by atoms with E-state index in [1.807, 2.05) is 26.0 Å². The SMILES string of the molecule is Cc1nscc1C(=O)NCC(O)c1ccc(OC(C)C)cc1. The van der Waals surface area contributed by atoms with Gasteiger partial charge in [0, 0.05) is 11.9 Å². The summed E-state index contributed by atoms with van der Waals surface area (Å²) in [5.74, 6) is 0.542. The highest BCUT2D eigenvalue weighted by Crippen LogP contribution is 2.18. The van der Waals surface area contributed by atoms with Gasteiger partial charge in [-0.05, 0) is 50.0 Å². The number of carbonyl (C=O) groups excluding carboxylic acids is 1. The van der Waals surface area contributed by atoms with E-state index in [0.29, 0.717) is 11.3 Å². The Kier molecular flexibility index (Phi) is 5.51. The van der Waals surface area contributed by atoms with Crippen LogP contribution in [-0.2, 0) is 0 Å². The van der Waals surface area contributed by atoms with E-state index in [-0.39, 0.29) is 18.6 Å². The molecule has 5 nitrogen and oxygen atoms in total. The van der Waals surface area contributed by atoms with Gasteiger partial charge in [-0.2, -0.15) is 4.37 Å². The average Bonchev–Trinajstić information content (AvgIpc) is 2.91. The molecule has 1 amide bonds. The highest BCUT2D eigenvalue weighted by molar-refractivity contribution is 7.03. The third-order valence-electron chi connectivity index (χ3n) is 3.09. The molecule has 2 aromatic rings. The molecule has 1 heterocycles. The number of carbonyl (C=O) groups is 1. The summed E-state index contributed by atoms with van der Waals surface area (Å²) in [7, 11) is 0. The molecule has 2 rings (SSSR count). The fourth-order valence-electron chi connectivity index (χ4n) is 1.95. The van der Waals surface area contributed by atoms with Gasteiger partial charge in [0.15, 0.2) is 0 Å². The van der Waals surface area contributed by atoms with E-state index in [4.69, 9.17) is 4.74 Å². The zero-order valence-electron chi connectivity index (χ0n) is 12.9. The van der Waals surface area contributed by atoms with Crippen LogP contribution < -0.4 is 10.1 Å². The maximum atomic E-state index is 12.0. The normalized spacial score (nSPS) is 12.2. The molecule has 1 atom stereocenters. The molecule has 0 aliphatic carbocycles. The maximum absolute atomic E-state index is 12.0. The highest BCUT2D eigenvalue weighted by atomic mass is 32.1. The van der Waals surface area contributed by atoms with Gasteiger partial charge >= 0.3 is 0 Å². The predicted octanol–water partition coefficient (Wildman–Crippen LogP) is 2.70. The van der Waals surface area contributed by atoms with Crippen molar-refractivity contribution in [2.45, 2.75) is 33.0 Å². The molecule has 1 aromatic heterocycles. The zero-order chi connectivity index (χ0) is 16.1. The number of hydrogen-bond acceptors (Lipinski definition) is 5. The van der Waals surface area contributed by atoms with Gasteiger partial charge in [0.05, 0.1) is 23.5 Å². The molecule has 2 N–H and O–H groups in total. The standard InChI is InChI=1S/C16H20N2O3S/c1-10(2)21-13-6-4-12(5-7-13)15(19)8-17-16(20)14-9-22-18-11(14)3/h4-7,9-10,15,19H,8H2,1-3H3,(H,17,20). The van der Waals surface area contributed by atoms with Crippen molar-refractivity contribution in [3.05, 3.63) is 46.5 Å². The number of ether oxygens (including phenoxy) is 1. The average molecular weight is 320 g/mol. The molecule has 0 aliphatic heterocycles. The number of aryl methyl sites for hydroxylation is 1. The van der Waals surface area contributed by atoms with E-state index in [9.17, 15) is 9.90 Å². The Morgan fingerprint density at radius 3 is 2.59 bits per heavy atom. The smallest absolute Gasteiger partial charge is 0.254 e. The van der Waals surface area contributed by atoms with E-state index >= 15 is 0 Å². The number of hydrogen-bond donors (Lipinski definition) is 2. The largest absolute Gasteiger partial charge is 0.491 e. The van der Waals surface area contributed by atoms with Crippen LogP contribution in [0.2, 0.25) is 0 Å². The van der Waals surface area contributed by atoms with E-state index in [1.165, 1.54) is 11.5 Å². The van der Waals surface area contributed by atoms with Crippen LogP contribution in [0, 0.1) is 6.92 Å². The quantitative estimate of drug-likeness (QED) is 0.858. The molecule has 0 radical (unpaired) electrons. The van der Waals surface area contributed by atoms with Gasteiger partial charge in [-0.15, -0.1) is 0 Å². The third kappa shape index (κ3) is 4.29. The minimum Gasteiger partial charge on any atom is -0.491 e. The van der Waals surface area contributed by atoms with Crippen LogP contribution in [0.25, 0.3) is 0 Å². The molecular weight excluding hydrogens is 300 g/mol. The van der Waals surface area contributed by atoms with Gasteiger partial charge in [-0.1, -0.05) is 12.1 Å². The van der Waals surface area contributed by atoms with Gasteiger partial charge in [-0.3, -0.25) is 4.79 Å². The van der Waals surface area contributed by atoms with Crippen LogP contribution in [0.4, 0.5) is 0 Å². The first-order valence-electron chi connectivity index (χ1n) is 7.11. The van der Waals surface area contributed by atoms with Crippen LogP contribution in [-0.4, -0.2) is 28.0 Å². The van der Waals surface area contributed by atoms with Crippen molar-refractivity contribution in [1.29, 1.82) is 0 Å². The van der Waals surface area contributed by atoms with Crippen LogP contribution in [0.5, 0.6) is 5.75 Å². The van der Waals surface area contributed by atoms with Gasteiger partial charge in [0.1, 0.15) is 5.75 Å². The minimum absolute atomic E-state index is 0.109. The molecular formula is C16H20N2O3S. The first-order chi connectivity index (χ1) is 10.5. The fraction of sp³-hybridized carbons (Fsp3) is 0.375. The number of amides is 1. The van der Waals surface area contributed by atoms with Crippen molar-refractivity contribution in [1.82, 2.24) is 9.69 Å². The van der Waals surface area contributed by atoms with Crippen LogP contribution in [0.1, 0.15) is 41.6 Å². The van der Waals surface area contributed by atoms with Gasteiger partial charge in [-0.25, -0.2) is 0 Å². The summed E-state index contributed by atoms with van der Waals surface area (Å²) in [5, 5.41) is 14.6. The number of aliphatic hydroxyl groups excluding tert-OH is 1.